The minimum atomic E-state index is 0.559. The first kappa shape index (κ1) is 12.1. The number of rotatable bonds is 3. The van der Waals surface area contributed by atoms with Gasteiger partial charge in [0, 0.05) is 17.1 Å². The van der Waals surface area contributed by atoms with Crippen molar-refractivity contribution in [3.05, 3.63) is 35.1 Å². The third-order valence-electron chi connectivity index (χ3n) is 2.69. The van der Waals surface area contributed by atoms with Crippen molar-refractivity contribution in [3.8, 4) is 11.4 Å². The second-order valence-corrected chi connectivity index (χ2v) is 5.02. The van der Waals surface area contributed by atoms with Crippen LogP contribution in [0.3, 0.4) is 0 Å². The Balaban J connectivity index is 2.46. The van der Waals surface area contributed by atoms with Crippen molar-refractivity contribution >= 4 is 11.6 Å². The molecule has 0 unspecified atom stereocenters. The molecule has 4 heteroatoms. The van der Waals surface area contributed by atoms with Crippen LogP contribution in [0.25, 0.3) is 11.4 Å². The van der Waals surface area contributed by atoms with E-state index in [2.05, 4.69) is 28.6 Å². The molecule has 0 N–H and O–H groups in total. The van der Waals surface area contributed by atoms with Gasteiger partial charge in [0.15, 0.2) is 5.82 Å². The molecule has 1 heterocycles. The van der Waals surface area contributed by atoms with Crippen LogP contribution in [-0.2, 0) is 6.54 Å². The Labute approximate surface area is 106 Å². The van der Waals surface area contributed by atoms with Gasteiger partial charge < -0.3 is 4.57 Å². The van der Waals surface area contributed by atoms with E-state index >= 15 is 0 Å². The Hall–Kier alpha value is -1.35. The van der Waals surface area contributed by atoms with Crippen molar-refractivity contribution in [1.29, 1.82) is 0 Å². The minimum absolute atomic E-state index is 0.559. The summed E-state index contributed by atoms with van der Waals surface area (Å²) >= 11 is 6.13. The molecule has 0 amide bonds. The molecule has 0 saturated heterocycles. The lowest BCUT2D eigenvalue weighted by atomic mass is 10.1. The number of benzene rings is 1. The van der Waals surface area contributed by atoms with Crippen LogP contribution in [0.4, 0.5) is 0 Å². The van der Waals surface area contributed by atoms with Crippen molar-refractivity contribution in [3.63, 3.8) is 0 Å². The van der Waals surface area contributed by atoms with Crippen LogP contribution in [0.15, 0.2) is 24.5 Å². The molecule has 0 spiro atoms. The van der Waals surface area contributed by atoms with E-state index in [1.165, 1.54) is 0 Å². The number of halogens is 1. The Morgan fingerprint density at radius 3 is 2.82 bits per heavy atom. The predicted molar refractivity (Wildman–Crippen MR) is 70.0 cm³/mol. The van der Waals surface area contributed by atoms with Gasteiger partial charge in [-0.1, -0.05) is 37.6 Å². The quantitative estimate of drug-likeness (QED) is 0.833. The average Bonchev–Trinajstić information content (AvgIpc) is 2.69. The summed E-state index contributed by atoms with van der Waals surface area (Å²) < 4.78 is 2.07. The molecule has 2 rings (SSSR count). The van der Waals surface area contributed by atoms with Gasteiger partial charge in [0.05, 0.1) is 0 Å². The van der Waals surface area contributed by atoms with E-state index in [9.17, 15) is 0 Å². The van der Waals surface area contributed by atoms with E-state index in [-0.39, 0.29) is 0 Å². The maximum atomic E-state index is 6.13. The predicted octanol–water partition coefficient (Wildman–Crippen LogP) is 3.56. The summed E-state index contributed by atoms with van der Waals surface area (Å²) in [4.78, 5) is 0. The summed E-state index contributed by atoms with van der Waals surface area (Å²) in [5.41, 5.74) is 2.10. The summed E-state index contributed by atoms with van der Waals surface area (Å²) in [5.74, 6) is 1.45. The first-order chi connectivity index (χ1) is 8.09. The molecule has 2 aromatic rings. The summed E-state index contributed by atoms with van der Waals surface area (Å²) in [7, 11) is 0. The van der Waals surface area contributed by atoms with Crippen LogP contribution in [0.5, 0.6) is 0 Å². The van der Waals surface area contributed by atoms with E-state index in [0.29, 0.717) is 5.92 Å². The van der Waals surface area contributed by atoms with Crippen LogP contribution in [0.1, 0.15) is 19.4 Å². The molecule has 17 heavy (non-hydrogen) atoms. The van der Waals surface area contributed by atoms with E-state index in [0.717, 1.165) is 28.5 Å². The smallest absolute Gasteiger partial charge is 0.164 e. The molecule has 3 nitrogen and oxygen atoms in total. The number of hydrogen-bond donors (Lipinski definition) is 0. The van der Waals surface area contributed by atoms with Gasteiger partial charge in [-0.05, 0) is 24.5 Å². The van der Waals surface area contributed by atoms with E-state index in [1.807, 2.05) is 25.1 Å². The van der Waals surface area contributed by atoms with Crippen LogP contribution in [-0.4, -0.2) is 14.8 Å². The molecule has 0 bridgehead atoms. The monoisotopic (exact) mass is 249 g/mol. The largest absolute Gasteiger partial charge is 0.313 e. The summed E-state index contributed by atoms with van der Waals surface area (Å²) in [6.45, 7) is 7.27. The van der Waals surface area contributed by atoms with Gasteiger partial charge in [-0.3, -0.25) is 0 Å². The molecule has 90 valence electrons. The molecular formula is C13H16ClN3. The van der Waals surface area contributed by atoms with Crippen LogP contribution >= 0.6 is 11.6 Å². The maximum absolute atomic E-state index is 6.13. The molecule has 1 aromatic carbocycles. The van der Waals surface area contributed by atoms with E-state index in [1.54, 1.807) is 6.33 Å². The molecule has 0 fully saturated rings. The van der Waals surface area contributed by atoms with Crippen molar-refractivity contribution in [1.82, 2.24) is 14.8 Å². The standard InChI is InChI=1S/C13H16ClN3/c1-9(2)7-17-8-15-16-13(17)11-5-4-6-12(14)10(11)3/h4-6,8-9H,7H2,1-3H3. The van der Waals surface area contributed by atoms with E-state index in [4.69, 9.17) is 11.6 Å². The SMILES string of the molecule is Cc1c(Cl)cccc1-c1nncn1CC(C)C. The van der Waals surface area contributed by atoms with Gasteiger partial charge in [0.25, 0.3) is 0 Å². The normalized spacial score (nSPS) is 11.1. The second-order valence-electron chi connectivity index (χ2n) is 4.61. The molecule has 0 aliphatic heterocycles. The zero-order valence-electron chi connectivity index (χ0n) is 10.3. The summed E-state index contributed by atoms with van der Waals surface area (Å²) in [5, 5.41) is 8.95. The Bertz CT molecular complexity index is 517. The fraction of sp³-hybridized carbons (Fsp3) is 0.385. The van der Waals surface area contributed by atoms with Crippen molar-refractivity contribution < 1.29 is 0 Å². The fourth-order valence-corrected chi connectivity index (χ4v) is 2.01. The molecule has 0 radical (unpaired) electrons. The molecule has 0 aliphatic carbocycles. The average molecular weight is 250 g/mol. The zero-order chi connectivity index (χ0) is 12.4. The lowest BCUT2D eigenvalue weighted by Crippen LogP contribution is -2.05. The Morgan fingerprint density at radius 2 is 2.12 bits per heavy atom. The fourth-order valence-electron chi connectivity index (χ4n) is 1.84. The Kier molecular flexibility index (Phi) is 3.48. The van der Waals surface area contributed by atoms with Crippen LogP contribution in [0.2, 0.25) is 5.02 Å². The summed E-state index contributed by atoms with van der Waals surface area (Å²) in [6.07, 6.45) is 1.77. The first-order valence-electron chi connectivity index (χ1n) is 5.73. The van der Waals surface area contributed by atoms with E-state index < -0.39 is 0 Å². The number of nitrogens with zero attached hydrogens (tertiary/aromatic N) is 3. The minimum Gasteiger partial charge on any atom is -0.313 e. The van der Waals surface area contributed by atoms with Crippen molar-refractivity contribution in [2.45, 2.75) is 27.3 Å². The van der Waals surface area contributed by atoms with Crippen LogP contribution < -0.4 is 0 Å². The molecule has 0 atom stereocenters. The maximum Gasteiger partial charge on any atom is 0.164 e. The zero-order valence-corrected chi connectivity index (χ0v) is 11.1. The van der Waals surface area contributed by atoms with Gasteiger partial charge in [-0.2, -0.15) is 0 Å². The highest BCUT2D eigenvalue weighted by Crippen LogP contribution is 2.27. The summed E-state index contributed by atoms with van der Waals surface area (Å²) in [6, 6.07) is 5.87. The van der Waals surface area contributed by atoms with Gasteiger partial charge in [-0.15, -0.1) is 10.2 Å². The molecule has 0 aliphatic rings. The number of hydrogen-bond acceptors (Lipinski definition) is 2. The lowest BCUT2D eigenvalue weighted by molar-refractivity contribution is 0.525. The molecule has 1 aromatic heterocycles. The van der Waals surface area contributed by atoms with Gasteiger partial charge in [-0.25, -0.2) is 0 Å². The van der Waals surface area contributed by atoms with Crippen LogP contribution in [0, 0.1) is 12.8 Å². The molecule has 0 saturated carbocycles. The highest BCUT2D eigenvalue weighted by molar-refractivity contribution is 6.31. The first-order valence-corrected chi connectivity index (χ1v) is 6.10. The van der Waals surface area contributed by atoms with Crippen molar-refractivity contribution in [2.24, 2.45) is 5.92 Å². The third kappa shape index (κ3) is 2.50. The highest BCUT2D eigenvalue weighted by Gasteiger charge is 2.12. The lowest BCUT2D eigenvalue weighted by Gasteiger charge is -2.11. The molecular weight excluding hydrogens is 234 g/mol. The van der Waals surface area contributed by atoms with Gasteiger partial charge >= 0.3 is 0 Å². The third-order valence-corrected chi connectivity index (χ3v) is 3.10. The highest BCUT2D eigenvalue weighted by atomic mass is 35.5. The Morgan fingerprint density at radius 1 is 1.35 bits per heavy atom. The topological polar surface area (TPSA) is 30.7 Å². The van der Waals surface area contributed by atoms with Gasteiger partial charge in [0.2, 0.25) is 0 Å². The second kappa shape index (κ2) is 4.88. The van der Waals surface area contributed by atoms with Crippen molar-refractivity contribution in [2.75, 3.05) is 0 Å². The number of aromatic nitrogens is 3. The van der Waals surface area contributed by atoms with Gasteiger partial charge in [0.1, 0.15) is 6.33 Å².